The Balaban J connectivity index is 2.27. The van der Waals surface area contributed by atoms with Crippen LogP contribution in [0.2, 0.25) is 0 Å². The number of unbranched alkanes of at least 4 members (excludes halogenated alkanes) is 6. The molecule has 0 aliphatic carbocycles. The van der Waals surface area contributed by atoms with Crippen LogP contribution in [-0.2, 0) is 0 Å². The molecule has 1 rings (SSSR count). The molecule has 0 saturated heterocycles. The van der Waals surface area contributed by atoms with E-state index in [1.165, 1.54) is 32.1 Å². The summed E-state index contributed by atoms with van der Waals surface area (Å²) in [6.07, 6.45) is 8.48. The van der Waals surface area contributed by atoms with Crippen molar-refractivity contribution in [2.45, 2.75) is 58.8 Å². The maximum Gasteiger partial charge on any atom is 0.358 e. The summed E-state index contributed by atoms with van der Waals surface area (Å²) in [5.74, 6) is -0.669. The maximum absolute atomic E-state index is 11.1. The van der Waals surface area contributed by atoms with E-state index in [-0.39, 0.29) is 5.69 Å². The van der Waals surface area contributed by atoms with Crippen molar-refractivity contribution in [3.05, 3.63) is 23.5 Å². The van der Waals surface area contributed by atoms with Crippen molar-refractivity contribution in [2.24, 2.45) is 0 Å². The van der Waals surface area contributed by atoms with Crippen LogP contribution in [0.15, 0.2) is 12.1 Å². The lowest BCUT2D eigenvalue weighted by Crippen LogP contribution is -2.07. The van der Waals surface area contributed by atoms with Crippen LogP contribution in [0.4, 0.5) is 0 Å². The summed E-state index contributed by atoms with van der Waals surface area (Å²) in [4.78, 5) is 15.1. The molecule has 0 spiro atoms. The molecule has 0 aliphatic rings. The second-order valence-electron chi connectivity index (χ2n) is 5.07. The summed E-state index contributed by atoms with van der Waals surface area (Å²) in [6.45, 7) is 4.54. The van der Waals surface area contributed by atoms with Crippen LogP contribution < -0.4 is 4.74 Å². The van der Waals surface area contributed by atoms with E-state index in [0.717, 1.165) is 12.8 Å². The number of hydrogen-bond donors (Lipinski definition) is 1. The predicted octanol–water partition coefficient (Wildman–Crippen LogP) is 4.22. The third kappa shape index (κ3) is 6.04. The Morgan fingerprint density at radius 3 is 2.45 bits per heavy atom. The Hall–Kier alpha value is -1.58. The van der Waals surface area contributed by atoms with E-state index in [2.05, 4.69) is 11.9 Å². The van der Waals surface area contributed by atoms with E-state index in [4.69, 9.17) is 9.84 Å². The Morgan fingerprint density at radius 2 is 1.80 bits per heavy atom. The summed E-state index contributed by atoms with van der Waals surface area (Å²) in [6, 6.07) is 3.46. The molecule has 0 bridgehead atoms. The van der Waals surface area contributed by atoms with Gasteiger partial charge in [0.1, 0.15) is 0 Å². The molecule has 1 aromatic rings. The average Bonchev–Trinajstić information content (AvgIpc) is 2.43. The molecule has 0 saturated carbocycles. The van der Waals surface area contributed by atoms with Crippen LogP contribution in [0.3, 0.4) is 0 Å². The molecule has 0 fully saturated rings. The van der Waals surface area contributed by atoms with Crippen LogP contribution in [0.5, 0.6) is 5.75 Å². The lowest BCUT2D eigenvalue weighted by molar-refractivity contribution is 0.0685. The molecule has 1 aromatic heterocycles. The summed E-state index contributed by atoms with van der Waals surface area (Å²) in [5.41, 5.74) is 0.693. The van der Waals surface area contributed by atoms with Gasteiger partial charge in [-0.15, -0.1) is 0 Å². The quantitative estimate of drug-likeness (QED) is 0.651. The Labute approximate surface area is 121 Å². The first kappa shape index (κ1) is 16.5. The number of carbonyl (C=O) groups is 1. The van der Waals surface area contributed by atoms with Gasteiger partial charge in [0.2, 0.25) is 0 Å². The Bertz CT molecular complexity index is 418. The molecule has 20 heavy (non-hydrogen) atoms. The van der Waals surface area contributed by atoms with Gasteiger partial charge in [0.25, 0.3) is 0 Å². The minimum Gasteiger partial charge on any atom is -0.491 e. The molecule has 0 radical (unpaired) electrons. The molecule has 1 N–H and O–H groups in total. The largest absolute Gasteiger partial charge is 0.491 e. The third-order valence-electron chi connectivity index (χ3n) is 3.21. The monoisotopic (exact) mass is 279 g/mol. The fourth-order valence-electron chi connectivity index (χ4n) is 2.05. The first-order valence-electron chi connectivity index (χ1n) is 7.49. The van der Waals surface area contributed by atoms with Gasteiger partial charge < -0.3 is 9.84 Å². The minimum atomic E-state index is -1.04. The average molecular weight is 279 g/mol. The van der Waals surface area contributed by atoms with Crippen molar-refractivity contribution in [1.82, 2.24) is 4.98 Å². The molecule has 0 amide bonds. The SMILES string of the molecule is CCCCCCCCCOc1ccc(C)nc1C(=O)O. The zero-order chi connectivity index (χ0) is 14.8. The van der Waals surface area contributed by atoms with Crippen LogP contribution in [0, 0.1) is 6.92 Å². The molecule has 0 atom stereocenters. The minimum absolute atomic E-state index is 0.00736. The highest BCUT2D eigenvalue weighted by molar-refractivity contribution is 5.88. The standard InChI is InChI=1S/C16H25NO3/c1-3-4-5-6-7-8-9-12-20-14-11-10-13(2)17-15(14)16(18)19/h10-11H,3-9,12H2,1-2H3,(H,18,19). The number of aryl methyl sites for hydroxylation is 1. The normalized spacial score (nSPS) is 10.5. The molecule has 0 aromatic carbocycles. The van der Waals surface area contributed by atoms with Crippen molar-refractivity contribution in [1.29, 1.82) is 0 Å². The van der Waals surface area contributed by atoms with Gasteiger partial charge in [-0.2, -0.15) is 0 Å². The lowest BCUT2D eigenvalue weighted by Gasteiger charge is -2.09. The first-order chi connectivity index (χ1) is 9.65. The van der Waals surface area contributed by atoms with Gasteiger partial charge in [0.15, 0.2) is 11.4 Å². The van der Waals surface area contributed by atoms with Gasteiger partial charge in [-0.1, -0.05) is 45.4 Å². The number of rotatable bonds is 10. The van der Waals surface area contributed by atoms with Crippen molar-refractivity contribution >= 4 is 5.97 Å². The highest BCUT2D eigenvalue weighted by Gasteiger charge is 2.13. The number of aromatic carboxylic acids is 1. The topological polar surface area (TPSA) is 59.4 Å². The van der Waals surface area contributed by atoms with Crippen LogP contribution in [0.25, 0.3) is 0 Å². The second kappa shape index (κ2) is 9.34. The molecule has 0 aliphatic heterocycles. The summed E-state index contributed by atoms with van der Waals surface area (Å²) in [5, 5.41) is 9.07. The van der Waals surface area contributed by atoms with Gasteiger partial charge in [-0.3, -0.25) is 0 Å². The van der Waals surface area contributed by atoms with Gasteiger partial charge >= 0.3 is 5.97 Å². The number of ether oxygens (including phenoxy) is 1. The molecule has 1 heterocycles. The number of carboxylic acid groups (broad SMARTS) is 1. The number of nitrogens with zero attached hydrogens (tertiary/aromatic N) is 1. The van der Waals surface area contributed by atoms with E-state index in [0.29, 0.717) is 18.1 Å². The van der Waals surface area contributed by atoms with Gasteiger partial charge in [-0.25, -0.2) is 9.78 Å². The zero-order valence-corrected chi connectivity index (χ0v) is 12.5. The lowest BCUT2D eigenvalue weighted by atomic mass is 10.1. The van der Waals surface area contributed by atoms with Crippen LogP contribution in [0.1, 0.15) is 68.1 Å². The number of aromatic nitrogens is 1. The predicted molar refractivity (Wildman–Crippen MR) is 79.4 cm³/mol. The zero-order valence-electron chi connectivity index (χ0n) is 12.5. The van der Waals surface area contributed by atoms with E-state index < -0.39 is 5.97 Å². The van der Waals surface area contributed by atoms with Crippen molar-refractivity contribution in [2.75, 3.05) is 6.61 Å². The Kier molecular flexibility index (Phi) is 7.70. The molecular formula is C16H25NO3. The molecule has 112 valence electrons. The summed E-state index contributed by atoms with van der Waals surface area (Å²) >= 11 is 0. The summed E-state index contributed by atoms with van der Waals surface area (Å²) < 4.78 is 5.54. The summed E-state index contributed by atoms with van der Waals surface area (Å²) in [7, 11) is 0. The highest BCUT2D eigenvalue weighted by atomic mass is 16.5. The number of pyridine rings is 1. The van der Waals surface area contributed by atoms with Crippen molar-refractivity contribution < 1.29 is 14.6 Å². The van der Waals surface area contributed by atoms with Crippen molar-refractivity contribution in [3.63, 3.8) is 0 Å². The van der Waals surface area contributed by atoms with E-state index in [1.54, 1.807) is 19.1 Å². The fraction of sp³-hybridized carbons (Fsp3) is 0.625. The van der Waals surface area contributed by atoms with Crippen molar-refractivity contribution in [3.8, 4) is 5.75 Å². The molecule has 0 unspecified atom stereocenters. The van der Waals surface area contributed by atoms with Gasteiger partial charge in [0.05, 0.1) is 6.61 Å². The smallest absolute Gasteiger partial charge is 0.358 e. The first-order valence-corrected chi connectivity index (χ1v) is 7.49. The highest BCUT2D eigenvalue weighted by Crippen LogP contribution is 2.17. The Morgan fingerprint density at radius 1 is 1.15 bits per heavy atom. The van der Waals surface area contributed by atoms with Gasteiger partial charge in [0, 0.05) is 5.69 Å². The van der Waals surface area contributed by atoms with E-state index >= 15 is 0 Å². The van der Waals surface area contributed by atoms with E-state index in [1.807, 2.05) is 0 Å². The third-order valence-corrected chi connectivity index (χ3v) is 3.21. The molecule has 4 nitrogen and oxygen atoms in total. The van der Waals surface area contributed by atoms with Crippen LogP contribution >= 0.6 is 0 Å². The number of carboxylic acids is 1. The second-order valence-corrected chi connectivity index (χ2v) is 5.07. The molecular weight excluding hydrogens is 254 g/mol. The van der Waals surface area contributed by atoms with Gasteiger partial charge in [-0.05, 0) is 25.5 Å². The maximum atomic E-state index is 11.1. The molecule has 4 heteroatoms. The fourth-order valence-corrected chi connectivity index (χ4v) is 2.05. The number of hydrogen-bond acceptors (Lipinski definition) is 3. The van der Waals surface area contributed by atoms with Crippen LogP contribution in [-0.4, -0.2) is 22.7 Å². The van der Waals surface area contributed by atoms with E-state index in [9.17, 15) is 4.79 Å².